The molecule has 13 nitrogen and oxygen atoms in total. The summed E-state index contributed by atoms with van der Waals surface area (Å²) in [6, 6.07) is 4.24. The molecule has 3 atom stereocenters. The first-order valence-corrected chi connectivity index (χ1v) is 12.0. The minimum absolute atomic E-state index is 0.106. The van der Waals surface area contributed by atoms with E-state index in [1.165, 1.54) is 0 Å². The molecule has 202 valence electrons. The van der Waals surface area contributed by atoms with Crippen molar-refractivity contribution in [1.29, 1.82) is 0 Å². The summed E-state index contributed by atoms with van der Waals surface area (Å²) in [7, 11) is 0. The third-order valence-electron chi connectivity index (χ3n) is 5.77. The van der Waals surface area contributed by atoms with Gasteiger partial charge in [-0.2, -0.15) is 0 Å². The summed E-state index contributed by atoms with van der Waals surface area (Å²) in [5.74, 6) is -3.95. The number of H-pyrrole nitrogens is 1. The molecule has 0 aliphatic rings. The molecule has 11 N–H and O–H groups in total. The van der Waals surface area contributed by atoms with Crippen LogP contribution in [0, 0.1) is 0 Å². The first-order chi connectivity index (χ1) is 17.6. The Hall–Kier alpha value is -3.97. The lowest BCUT2D eigenvalue weighted by molar-refractivity contribution is -0.142. The molecule has 0 saturated carbocycles. The number of hydrogen-bond donors (Lipinski definition) is 8. The average Bonchev–Trinajstić information content (AvgIpc) is 3.26. The van der Waals surface area contributed by atoms with Gasteiger partial charge in [0.1, 0.15) is 12.1 Å². The number of primary amides is 1. The number of fused-ring (bicyclic) bond motifs is 1. The number of carboxylic acids is 1. The van der Waals surface area contributed by atoms with E-state index in [2.05, 4.69) is 20.9 Å². The lowest BCUT2D eigenvalue weighted by Gasteiger charge is -2.21. The minimum atomic E-state index is -1.20. The number of carbonyl (C=O) groups is 5. The monoisotopic (exact) mass is 517 g/mol. The summed E-state index contributed by atoms with van der Waals surface area (Å²) in [5, 5.41) is 17.4. The van der Waals surface area contributed by atoms with E-state index in [4.69, 9.17) is 17.2 Å². The van der Waals surface area contributed by atoms with Crippen LogP contribution in [0.15, 0.2) is 30.5 Å². The molecule has 0 saturated heterocycles. The molecule has 0 aliphatic carbocycles. The van der Waals surface area contributed by atoms with Gasteiger partial charge in [-0.05, 0) is 50.3 Å². The molecule has 0 spiro atoms. The quantitative estimate of drug-likeness (QED) is 0.123. The third-order valence-corrected chi connectivity index (χ3v) is 5.77. The van der Waals surface area contributed by atoms with Crippen molar-refractivity contribution < 1.29 is 29.1 Å². The Morgan fingerprint density at radius 2 is 1.70 bits per heavy atom. The van der Waals surface area contributed by atoms with Crippen LogP contribution in [-0.4, -0.2) is 70.9 Å². The standard InChI is InChI=1S/C24H35N7O6/c25-10-4-3-7-19(24(36)37)30-21(33)13-29-23(35)18(8-9-20(27)32)31-22(34)16(26)11-14-12-28-17-6-2-1-5-15(14)17/h1-2,5-6,12,16,18-19,28H,3-4,7-11,13,25-26H2,(H2,27,32)(H,29,35)(H,30,33)(H,31,34)(H,36,37). The molecule has 3 unspecified atom stereocenters. The zero-order valence-electron chi connectivity index (χ0n) is 20.5. The van der Waals surface area contributed by atoms with Crippen molar-refractivity contribution in [3.05, 3.63) is 36.0 Å². The molecule has 2 aromatic rings. The molecule has 0 aliphatic heterocycles. The van der Waals surface area contributed by atoms with Crippen molar-refractivity contribution in [2.24, 2.45) is 17.2 Å². The Morgan fingerprint density at radius 3 is 2.38 bits per heavy atom. The number of carboxylic acid groups (broad SMARTS) is 1. The number of aromatic nitrogens is 1. The van der Waals surface area contributed by atoms with Crippen LogP contribution in [0.1, 0.15) is 37.7 Å². The van der Waals surface area contributed by atoms with Gasteiger partial charge >= 0.3 is 5.97 Å². The van der Waals surface area contributed by atoms with Crippen molar-refractivity contribution in [1.82, 2.24) is 20.9 Å². The highest BCUT2D eigenvalue weighted by atomic mass is 16.4. The summed E-state index contributed by atoms with van der Waals surface area (Å²) in [6.45, 7) is -0.121. The molecule has 13 heteroatoms. The van der Waals surface area contributed by atoms with Gasteiger partial charge in [-0.3, -0.25) is 19.2 Å². The Balaban J connectivity index is 1.95. The van der Waals surface area contributed by atoms with E-state index in [0.29, 0.717) is 19.4 Å². The van der Waals surface area contributed by atoms with Crippen molar-refractivity contribution in [2.75, 3.05) is 13.1 Å². The van der Waals surface area contributed by atoms with E-state index in [1.54, 1.807) is 6.20 Å². The van der Waals surface area contributed by atoms with E-state index < -0.39 is 54.3 Å². The van der Waals surface area contributed by atoms with Gasteiger partial charge in [-0.1, -0.05) is 18.2 Å². The SMILES string of the molecule is NCCCCC(NC(=O)CNC(=O)C(CCC(N)=O)NC(=O)C(N)Cc1c[nH]c2ccccc12)C(=O)O. The summed E-state index contributed by atoms with van der Waals surface area (Å²) < 4.78 is 0. The van der Waals surface area contributed by atoms with Crippen molar-refractivity contribution >= 4 is 40.5 Å². The van der Waals surface area contributed by atoms with E-state index in [1.807, 2.05) is 24.3 Å². The molecule has 1 heterocycles. The maximum Gasteiger partial charge on any atom is 0.326 e. The summed E-state index contributed by atoms with van der Waals surface area (Å²) in [4.78, 5) is 63.4. The van der Waals surface area contributed by atoms with Crippen LogP contribution in [-0.2, 0) is 30.4 Å². The number of amides is 4. The number of nitrogens with two attached hydrogens (primary N) is 3. The third kappa shape index (κ3) is 9.54. The van der Waals surface area contributed by atoms with Gasteiger partial charge in [0.15, 0.2) is 0 Å². The van der Waals surface area contributed by atoms with Crippen LogP contribution in [0.4, 0.5) is 0 Å². The highest BCUT2D eigenvalue weighted by Gasteiger charge is 2.26. The molecule has 0 radical (unpaired) electrons. The second-order valence-corrected chi connectivity index (χ2v) is 8.70. The van der Waals surface area contributed by atoms with Crippen molar-refractivity contribution in [3.63, 3.8) is 0 Å². The number of aromatic amines is 1. The van der Waals surface area contributed by atoms with Crippen LogP contribution in [0.2, 0.25) is 0 Å². The molecule has 1 aromatic heterocycles. The maximum atomic E-state index is 12.8. The highest BCUT2D eigenvalue weighted by Crippen LogP contribution is 2.18. The molecule has 0 bridgehead atoms. The zero-order chi connectivity index (χ0) is 27.4. The number of unbranched alkanes of at least 4 members (excludes halogenated alkanes) is 1. The highest BCUT2D eigenvalue weighted by molar-refractivity contribution is 5.93. The van der Waals surface area contributed by atoms with E-state index >= 15 is 0 Å². The molecular formula is C24H35N7O6. The number of carbonyl (C=O) groups excluding carboxylic acids is 4. The van der Waals surface area contributed by atoms with Gasteiger partial charge in [0, 0.05) is 23.5 Å². The normalized spacial score (nSPS) is 13.4. The van der Waals surface area contributed by atoms with Gasteiger partial charge in [0.05, 0.1) is 12.6 Å². The second kappa shape index (κ2) is 14.6. The Kier molecular flexibility index (Phi) is 11.5. The molecule has 4 amide bonds. The van der Waals surface area contributed by atoms with E-state index in [0.717, 1.165) is 16.5 Å². The van der Waals surface area contributed by atoms with E-state index in [9.17, 15) is 29.1 Å². The van der Waals surface area contributed by atoms with Crippen molar-refractivity contribution in [3.8, 4) is 0 Å². The molecule has 37 heavy (non-hydrogen) atoms. The summed E-state index contributed by atoms with van der Waals surface area (Å²) >= 11 is 0. The fraction of sp³-hybridized carbons (Fsp3) is 0.458. The first kappa shape index (κ1) is 29.3. The topological polar surface area (TPSA) is 236 Å². The molecular weight excluding hydrogens is 482 g/mol. The first-order valence-electron chi connectivity index (χ1n) is 12.0. The van der Waals surface area contributed by atoms with Crippen LogP contribution >= 0.6 is 0 Å². The Bertz CT molecular complexity index is 1100. The maximum absolute atomic E-state index is 12.8. The Morgan fingerprint density at radius 1 is 0.973 bits per heavy atom. The lowest BCUT2D eigenvalue weighted by atomic mass is 10.0. The van der Waals surface area contributed by atoms with E-state index in [-0.39, 0.29) is 25.7 Å². The number of para-hydroxylation sites is 1. The van der Waals surface area contributed by atoms with Gasteiger partial charge < -0.3 is 43.2 Å². The summed E-state index contributed by atoms with van der Waals surface area (Å²) in [5.41, 5.74) is 18.4. The molecule has 2 rings (SSSR count). The van der Waals surface area contributed by atoms with Gasteiger partial charge in [0.25, 0.3) is 0 Å². The second-order valence-electron chi connectivity index (χ2n) is 8.70. The number of aliphatic carboxylic acids is 1. The average molecular weight is 518 g/mol. The number of rotatable bonds is 16. The largest absolute Gasteiger partial charge is 0.480 e. The van der Waals surface area contributed by atoms with Crippen molar-refractivity contribution in [2.45, 2.75) is 56.7 Å². The minimum Gasteiger partial charge on any atom is -0.480 e. The smallest absolute Gasteiger partial charge is 0.326 e. The number of nitrogens with one attached hydrogen (secondary N) is 4. The van der Waals surface area contributed by atoms with Gasteiger partial charge in [-0.15, -0.1) is 0 Å². The lowest BCUT2D eigenvalue weighted by Crippen LogP contribution is -2.54. The fourth-order valence-electron chi connectivity index (χ4n) is 3.75. The van der Waals surface area contributed by atoms with Crippen LogP contribution < -0.4 is 33.2 Å². The predicted octanol–water partition coefficient (Wildman–Crippen LogP) is -1.40. The van der Waals surface area contributed by atoms with Crippen LogP contribution in [0.25, 0.3) is 10.9 Å². The van der Waals surface area contributed by atoms with Crippen LogP contribution in [0.5, 0.6) is 0 Å². The van der Waals surface area contributed by atoms with Gasteiger partial charge in [-0.25, -0.2) is 4.79 Å². The summed E-state index contributed by atoms with van der Waals surface area (Å²) in [6.07, 6.45) is 2.98. The molecule has 1 aromatic carbocycles. The fourth-order valence-corrected chi connectivity index (χ4v) is 3.75. The molecule has 0 fully saturated rings. The number of benzene rings is 1. The number of hydrogen-bond acceptors (Lipinski definition) is 7. The predicted molar refractivity (Wildman–Crippen MR) is 136 cm³/mol. The van der Waals surface area contributed by atoms with Crippen LogP contribution in [0.3, 0.4) is 0 Å². The zero-order valence-corrected chi connectivity index (χ0v) is 20.5. The van der Waals surface area contributed by atoms with Gasteiger partial charge in [0.2, 0.25) is 23.6 Å². The Labute approximate surface area is 213 Å².